The van der Waals surface area contributed by atoms with E-state index in [-0.39, 0.29) is 5.92 Å². The first-order valence-electron chi connectivity index (χ1n) is 2.48. The van der Waals surface area contributed by atoms with Gasteiger partial charge in [0, 0.05) is 5.92 Å². The first-order valence-corrected chi connectivity index (χ1v) is 2.48. The van der Waals surface area contributed by atoms with Gasteiger partial charge in [0.15, 0.2) is 0 Å². The molecular weight excluding hydrogens is 106 g/mol. The number of hydrogen-bond acceptors (Lipinski definition) is 3. The highest BCUT2D eigenvalue weighted by Crippen LogP contribution is 1.95. The summed E-state index contributed by atoms with van der Waals surface area (Å²) in [6, 6.07) is 0. The molecule has 3 nitrogen and oxygen atoms in total. The second-order valence-corrected chi connectivity index (χ2v) is 1.80. The number of oxime groups is 1. The Balaban J connectivity index is 3.72. The summed E-state index contributed by atoms with van der Waals surface area (Å²) in [5, 5.41) is 11.1. The van der Waals surface area contributed by atoms with Crippen LogP contribution in [0.4, 0.5) is 0 Å². The highest BCUT2D eigenvalue weighted by Gasteiger charge is 2.02. The third-order valence-corrected chi connectivity index (χ3v) is 0.802. The summed E-state index contributed by atoms with van der Waals surface area (Å²) in [5.74, 6) is 0.523. The second-order valence-electron chi connectivity index (χ2n) is 1.80. The predicted octanol–water partition coefficient (Wildman–Crippen LogP) is 1.08. The fourth-order valence-electron chi connectivity index (χ4n) is 0.392. The highest BCUT2D eigenvalue weighted by atomic mass is 16.5. The number of methoxy groups -OCH3 is 1. The molecule has 8 heavy (non-hydrogen) atoms. The van der Waals surface area contributed by atoms with Gasteiger partial charge >= 0.3 is 0 Å². The Labute approximate surface area is 49.0 Å². The molecule has 0 saturated carbocycles. The number of ether oxygens (including phenoxy) is 1. The predicted molar refractivity (Wildman–Crippen MR) is 31.1 cm³/mol. The van der Waals surface area contributed by atoms with Crippen molar-refractivity contribution in [3.8, 4) is 0 Å². The summed E-state index contributed by atoms with van der Waals surface area (Å²) in [5.41, 5.74) is 0. The smallest absolute Gasteiger partial charge is 0.227 e. The molecule has 0 unspecified atom stereocenters. The minimum atomic E-state index is 0.157. The van der Waals surface area contributed by atoms with Crippen molar-refractivity contribution in [2.75, 3.05) is 7.11 Å². The van der Waals surface area contributed by atoms with Crippen molar-refractivity contribution < 1.29 is 9.94 Å². The third-order valence-electron chi connectivity index (χ3n) is 0.802. The van der Waals surface area contributed by atoms with Crippen LogP contribution in [0.3, 0.4) is 0 Å². The van der Waals surface area contributed by atoms with E-state index in [2.05, 4.69) is 9.89 Å². The topological polar surface area (TPSA) is 41.8 Å². The molecule has 0 aromatic rings. The lowest BCUT2D eigenvalue weighted by Gasteiger charge is -2.03. The molecule has 0 amide bonds. The zero-order valence-electron chi connectivity index (χ0n) is 5.38. The lowest BCUT2D eigenvalue weighted by molar-refractivity contribution is 0.274. The minimum absolute atomic E-state index is 0.157. The highest BCUT2D eigenvalue weighted by molar-refractivity contribution is 5.77. The van der Waals surface area contributed by atoms with E-state index in [9.17, 15) is 0 Å². The summed E-state index contributed by atoms with van der Waals surface area (Å²) in [6.07, 6.45) is 0. The van der Waals surface area contributed by atoms with Crippen LogP contribution in [0, 0.1) is 5.92 Å². The van der Waals surface area contributed by atoms with Crippen molar-refractivity contribution in [3.63, 3.8) is 0 Å². The van der Waals surface area contributed by atoms with Crippen LogP contribution in [0.1, 0.15) is 13.8 Å². The Hall–Kier alpha value is -0.730. The van der Waals surface area contributed by atoms with E-state index in [0.717, 1.165) is 0 Å². The maximum Gasteiger partial charge on any atom is 0.227 e. The van der Waals surface area contributed by atoms with Gasteiger partial charge in [-0.2, -0.15) is 0 Å². The standard InChI is InChI=1S/C5H11NO2/c1-4(2)5(6-7)8-3/h4,7H,1-3H3. The summed E-state index contributed by atoms with van der Waals surface area (Å²) in [6.45, 7) is 3.77. The van der Waals surface area contributed by atoms with E-state index in [1.807, 2.05) is 13.8 Å². The molecule has 0 heterocycles. The Morgan fingerprint density at radius 2 is 2.12 bits per heavy atom. The van der Waals surface area contributed by atoms with Crippen LogP contribution in [0.2, 0.25) is 0 Å². The van der Waals surface area contributed by atoms with E-state index in [0.29, 0.717) is 5.90 Å². The van der Waals surface area contributed by atoms with Crippen molar-refractivity contribution in [3.05, 3.63) is 0 Å². The molecule has 0 bridgehead atoms. The third kappa shape index (κ3) is 1.82. The molecular formula is C5H11NO2. The second kappa shape index (κ2) is 3.29. The molecule has 0 rings (SSSR count). The van der Waals surface area contributed by atoms with Crippen molar-refractivity contribution in [2.45, 2.75) is 13.8 Å². The quantitative estimate of drug-likeness (QED) is 0.241. The van der Waals surface area contributed by atoms with Crippen LogP contribution in [-0.4, -0.2) is 18.2 Å². The molecule has 0 radical (unpaired) electrons. The van der Waals surface area contributed by atoms with Gasteiger partial charge < -0.3 is 9.94 Å². The fourth-order valence-corrected chi connectivity index (χ4v) is 0.392. The van der Waals surface area contributed by atoms with Crippen molar-refractivity contribution >= 4 is 5.90 Å². The molecule has 3 heteroatoms. The van der Waals surface area contributed by atoms with Gasteiger partial charge in [0.1, 0.15) is 0 Å². The van der Waals surface area contributed by atoms with Crippen LogP contribution in [0.25, 0.3) is 0 Å². The zero-order valence-corrected chi connectivity index (χ0v) is 5.38. The van der Waals surface area contributed by atoms with Crippen LogP contribution in [0.5, 0.6) is 0 Å². The maximum atomic E-state index is 8.16. The summed E-state index contributed by atoms with van der Waals surface area (Å²) < 4.78 is 4.66. The van der Waals surface area contributed by atoms with Crippen molar-refractivity contribution in [1.29, 1.82) is 0 Å². The molecule has 0 aromatic carbocycles. The molecule has 0 aliphatic heterocycles. The van der Waals surface area contributed by atoms with Gasteiger partial charge in [-0.05, 0) is 0 Å². The van der Waals surface area contributed by atoms with Gasteiger partial charge in [0.05, 0.1) is 7.11 Å². The maximum absolute atomic E-state index is 8.16. The molecule has 0 aliphatic carbocycles. The average molecular weight is 117 g/mol. The van der Waals surface area contributed by atoms with Gasteiger partial charge in [0.25, 0.3) is 0 Å². The lowest BCUT2D eigenvalue weighted by atomic mass is 10.2. The van der Waals surface area contributed by atoms with E-state index in [1.54, 1.807) is 0 Å². The monoisotopic (exact) mass is 117 g/mol. The SMILES string of the molecule is COC(=NO)C(C)C. The normalized spacial score (nSPS) is 12.2. The number of rotatable bonds is 1. The van der Waals surface area contributed by atoms with Gasteiger partial charge in [0.2, 0.25) is 5.90 Å². The number of nitrogens with zero attached hydrogens (tertiary/aromatic N) is 1. The Morgan fingerprint density at radius 1 is 1.62 bits per heavy atom. The summed E-state index contributed by atoms with van der Waals surface area (Å²) >= 11 is 0. The zero-order chi connectivity index (χ0) is 6.57. The molecule has 0 fully saturated rings. The lowest BCUT2D eigenvalue weighted by Crippen LogP contribution is -2.08. The van der Waals surface area contributed by atoms with E-state index < -0.39 is 0 Å². The Bertz CT molecular complexity index is 88.4. The Kier molecular flexibility index (Phi) is 2.99. The van der Waals surface area contributed by atoms with E-state index in [1.165, 1.54) is 7.11 Å². The largest absolute Gasteiger partial charge is 0.482 e. The van der Waals surface area contributed by atoms with Crippen LogP contribution >= 0.6 is 0 Å². The molecule has 0 aliphatic rings. The van der Waals surface area contributed by atoms with Crippen molar-refractivity contribution in [1.82, 2.24) is 0 Å². The summed E-state index contributed by atoms with van der Waals surface area (Å²) in [7, 11) is 1.48. The molecule has 1 N–H and O–H groups in total. The Morgan fingerprint density at radius 3 is 2.12 bits per heavy atom. The first-order chi connectivity index (χ1) is 3.72. The molecule has 0 saturated heterocycles. The van der Waals surface area contributed by atoms with Crippen LogP contribution in [0.15, 0.2) is 5.16 Å². The number of hydrogen-bond donors (Lipinski definition) is 1. The van der Waals surface area contributed by atoms with Gasteiger partial charge in [-0.25, -0.2) is 0 Å². The molecule has 48 valence electrons. The fraction of sp³-hybridized carbons (Fsp3) is 0.800. The van der Waals surface area contributed by atoms with Crippen LogP contribution in [-0.2, 0) is 4.74 Å². The van der Waals surface area contributed by atoms with Gasteiger partial charge in [-0.1, -0.05) is 19.0 Å². The van der Waals surface area contributed by atoms with Crippen LogP contribution < -0.4 is 0 Å². The first kappa shape index (κ1) is 7.27. The minimum Gasteiger partial charge on any atom is -0.482 e. The molecule has 0 spiro atoms. The molecule has 0 aromatic heterocycles. The molecule has 0 atom stereocenters. The summed E-state index contributed by atoms with van der Waals surface area (Å²) in [4.78, 5) is 0. The van der Waals surface area contributed by atoms with Gasteiger partial charge in [-0.3, -0.25) is 0 Å². The van der Waals surface area contributed by atoms with Crippen molar-refractivity contribution in [2.24, 2.45) is 11.1 Å². The average Bonchev–Trinajstić information content (AvgIpc) is 1.69. The van der Waals surface area contributed by atoms with E-state index >= 15 is 0 Å². The van der Waals surface area contributed by atoms with Gasteiger partial charge in [-0.15, -0.1) is 0 Å². The van der Waals surface area contributed by atoms with E-state index in [4.69, 9.17) is 5.21 Å².